The molecule has 4 nitrogen and oxygen atoms in total. The van der Waals surface area contributed by atoms with Crippen LogP contribution in [0.25, 0.3) is 5.69 Å². The first-order chi connectivity index (χ1) is 8.52. The highest BCUT2D eigenvalue weighted by Gasteiger charge is 2.09. The molecule has 4 heteroatoms. The zero-order valence-corrected chi connectivity index (χ0v) is 10.7. The second kappa shape index (κ2) is 4.56. The topological polar surface area (TPSA) is 57.2 Å². The lowest BCUT2D eigenvalue weighted by molar-refractivity contribution is 0.412. The number of benzene rings is 1. The molecule has 0 radical (unpaired) electrons. The maximum atomic E-state index is 11.4. The quantitative estimate of drug-likeness (QED) is 0.822. The number of aryl methyl sites for hydroxylation is 2. The molecule has 0 spiro atoms. The predicted octanol–water partition coefficient (Wildman–Crippen LogP) is 2.05. The lowest BCUT2D eigenvalue weighted by atomic mass is 10.2. The molecule has 0 saturated heterocycles. The molecule has 0 aliphatic rings. The number of nitrogen functional groups attached to an aromatic ring is 1. The average molecular weight is 244 g/mol. The van der Waals surface area contributed by atoms with Crippen LogP contribution >= 0.6 is 0 Å². The molecule has 0 unspecified atom stereocenters. The van der Waals surface area contributed by atoms with Gasteiger partial charge in [0.05, 0.1) is 12.8 Å². The minimum absolute atomic E-state index is 0.00987. The minimum Gasteiger partial charge on any atom is -0.494 e. The van der Waals surface area contributed by atoms with Gasteiger partial charge in [0.25, 0.3) is 0 Å². The summed E-state index contributed by atoms with van der Waals surface area (Å²) in [6.07, 6.45) is 0. The smallest absolute Gasteiger partial charge is 0.182 e. The van der Waals surface area contributed by atoms with Crippen LogP contribution in [-0.4, -0.2) is 11.7 Å². The lowest BCUT2D eigenvalue weighted by Crippen LogP contribution is -2.12. The number of hydrogen-bond acceptors (Lipinski definition) is 3. The second-order valence-electron chi connectivity index (χ2n) is 4.24. The molecule has 1 heterocycles. The molecule has 0 saturated carbocycles. The predicted molar refractivity (Wildman–Crippen MR) is 72.5 cm³/mol. The van der Waals surface area contributed by atoms with Crippen molar-refractivity contribution in [2.24, 2.45) is 0 Å². The van der Waals surface area contributed by atoms with Crippen molar-refractivity contribution in [1.82, 2.24) is 4.57 Å². The van der Waals surface area contributed by atoms with Gasteiger partial charge < -0.3 is 15.0 Å². The first kappa shape index (κ1) is 12.2. The molecular formula is C14H16N2O2. The third-order valence-corrected chi connectivity index (χ3v) is 2.85. The van der Waals surface area contributed by atoms with Crippen LogP contribution in [0, 0.1) is 13.8 Å². The van der Waals surface area contributed by atoms with Crippen LogP contribution in [-0.2, 0) is 0 Å². The zero-order chi connectivity index (χ0) is 13.3. The van der Waals surface area contributed by atoms with Crippen LogP contribution in [0.4, 0.5) is 5.69 Å². The second-order valence-corrected chi connectivity index (χ2v) is 4.24. The van der Waals surface area contributed by atoms with Crippen LogP contribution in [0.3, 0.4) is 0 Å². The van der Waals surface area contributed by atoms with Gasteiger partial charge in [-0.3, -0.25) is 4.79 Å². The summed E-state index contributed by atoms with van der Waals surface area (Å²) in [4.78, 5) is 11.4. The van der Waals surface area contributed by atoms with Crippen molar-refractivity contribution >= 4 is 5.69 Å². The van der Waals surface area contributed by atoms with E-state index >= 15 is 0 Å². The summed E-state index contributed by atoms with van der Waals surface area (Å²) in [6.45, 7) is 3.79. The van der Waals surface area contributed by atoms with Crippen molar-refractivity contribution in [3.05, 3.63) is 51.9 Å². The van der Waals surface area contributed by atoms with Crippen LogP contribution < -0.4 is 15.9 Å². The van der Waals surface area contributed by atoms with E-state index in [4.69, 9.17) is 10.5 Å². The molecule has 2 rings (SSSR count). The van der Waals surface area contributed by atoms with Crippen molar-refractivity contribution in [1.29, 1.82) is 0 Å². The summed E-state index contributed by atoms with van der Waals surface area (Å²) in [5.74, 6) is 0.685. The van der Waals surface area contributed by atoms with Gasteiger partial charge in [0.2, 0.25) is 0 Å². The fourth-order valence-electron chi connectivity index (χ4n) is 2.12. The molecule has 2 aromatic rings. The Bertz CT molecular complexity index is 618. The van der Waals surface area contributed by atoms with E-state index in [1.807, 2.05) is 30.5 Å². The lowest BCUT2D eigenvalue weighted by Gasteiger charge is -2.17. The van der Waals surface area contributed by atoms with Gasteiger partial charge in [-0.05, 0) is 26.0 Å². The summed E-state index contributed by atoms with van der Waals surface area (Å²) >= 11 is 0. The standard InChI is InChI=1S/C14H16N2O2/c1-9-6-12(17)7-10(2)16(9)13-5-4-11(15)8-14(13)18-3/h4-8H,15H2,1-3H3. The minimum atomic E-state index is 0.00987. The molecule has 0 bridgehead atoms. The number of ether oxygens (including phenoxy) is 1. The highest BCUT2D eigenvalue weighted by molar-refractivity contribution is 5.57. The van der Waals surface area contributed by atoms with Crippen LogP contribution in [0.1, 0.15) is 11.4 Å². The molecule has 0 amide bonds. The fraction of sp³-hybridized carbons (Fsp3) is 0.214. The first-order valence-corrected chi connectivity index (χ1v) is 5.67. The number of hydrogen-bond donors (Lipinski definition) is 1. The highest BCUT2D eigenvalue weighted by Crippen LogP contribution is 2.27. The van der Waals surface area contributed by atoms with Crippen LogP contribution in [0.2, 0.25) is 0 Å². The van der Waals surface area contributed by atoms with Crippen molar-refractivity contribution in [3.8, 4) is 11.4 Å². The number of rotatable bonds is 2. The summed E-state index contributed by atoms with van der Waals surface area (Å²) in [5.41, 5.74) is 9.00. The summed E-state index contributed by atoms with van der Waals surface area (Å²) in [6, 6.07) is 8.67. The Hall–Kier alpha value is -2.23. The van der Waals surface area contributed by atoms with Gasteiger partial charge in [-0.15, -0.1) is 0 Å². The average Bonchev–Trinajstić information content (AvgIpc) is 2.29. The van der Waals surface area contributed by atoms with Crippen molar-refractivity contribution in [2.45, 2.75) is 13.8 Å². The molecule has 2 N–H and O–H groups in total. The Labute approximate surface area is 106 Å². The Morgan fingerprint density at radius 2 is 1.72 bits per heavy atom. The number of aromatic nitrogens is 1. The molecule has 0 aliphatic carbocycles. The molecular weight excluding hydrogens is 228 g/mol. The fourth-order valence-corrected chi connectivity index (χ4v) is 2.12. The third kappa shape index (κ3) is 2.09. The van der Waals surface area contributed by atoms with Gasteiger partial charge in [-0.2, -0.15) is 0 Å². The Balaban J connectivity index is 2.73. The Morgan fingerprint density at radius 3 is 2.28 bits per heavy atom. The molecule has 18 heavy (non-hydrogen) atoms. The molecule has 1 aromatic heterocycles. The van der Waals surface area contributed by atoms with E-state index in [0.717, 1.165) is 17.1 Å². The van der Waals surface area contributed by atoms with Crippen LogP contribution in [0.5, 0.6) is 5.75 Å². The number of nitrogens with zero attached hydrogens (tertiary/aromatic N) is 1. The normalized spacial score (nSPS) is 10.4. The largest absolute Gasteiger partial charge is 0.494 e. The molecule has 94 valence electrons. The van der Waals surface area contributed by atoms with E-state index in [9.17, 15) is 4.79 Å². The van der Waals surface area contributed by atoms with Gasteiger partial charge in [-0.25, -0.2) is 0 Å². The van der Waals surface area contributed by atoms with E-state index < -0.39 is 0 Å². The SMILES string of the molecule is COc1cc(N)ccc1-n1c(C)cc(=O)cc1C. The van der Waals surface area contributed by atoms with Crippen LogP contribution in [0.15, 0.2) is 35.1 Å². The number of pyridine rings is 1. The summed E-state index contributed by atoms with van der Waals surface area (Å²) < 4.78 is 7.31. The third-order valence-electron chi connectivity index (χ3n) is 2.85. The summed E-state index contributed by atoms with van der Waals surface area (Å²) in [7, 11) is 1.60. The molecule has 0 atom stereocenters. The van der Waals surface area contributed by atoms with E-state index in [1.165, 1.54) is 0 Å². The van der Waals surface area contributed by atoms with E-state index in [0.29, 0.717) is 11.4 Å². The number of anilines is 1. The van der Waals surface area contributed by atoms with E-state index in [-0.39, 0.29) is 5.43 Å². The Kier molecular flexibility index (Phi) is 3.10. The maximum Gasteiger partial charge on any atom is 0.182 e. The van der Waals surface area contributed by atoms with Gasteiger partial charge in [0.15, 0.2) is 5.43 Å². The van der Waals surface area contributed by atoms with E-state index in [1.54, 1.807) is 25.3 Å². The molecule has 0 fully saturated rings. The zero-order valence-electron chi connectivity index (χ0n) is 10.7. The maximum absolute atomic E-state index is 11.4. The highest BCUT2D eigenvalue weighted by atomic mass is 16.5. The molecule has 0 aliphatic heterocycles. The molecule has 1 aromatic carbocycles. The van der Waals surface area contributed by atoms with Crippen molar-refractivity contribution in [2.75, 3.05) is 12.8 Å². The van der Waals surface area contributed by atoms with Gasteiger partial charge >= 0.3 is 0 Å². The first-order valence-electron chi connectivity index (χ1n) is 5.67. The van der Waals surface area contributed by atoms with Crippen molar-refractivity contribution in [3.63, 3.8) is 0 Å². The van der Waals surface area contributed by atoms with Gasteiger partial charge in [-0.1, -0.05) is 0 Å². The Morgan fingerprint density at radius 1 is 1.11 bits per heavy atom. The van der Waals surface area contributed by atoms with Gasteiger partial charge in [0.1, 0.15) is 5.75 Å². The van der Waals surface area contributed by atoms with Gasteiger partial charge in [0, 0.05) is 35.3 Å². The van der Waals surface area contributed by atoms with Crippen molar-refractivity contribution < 1.29 is 4.74 Å². The number of nitrogens with two attached hydrogens (primary N) is 1. The van der Waals surface area contributed by atoms with E-state index in [2.05, 4.69) is 0 Å². The summed E-state index contributed by atoms with van der Waals surface area (Å²) in [5, 5.41) is 0. The monoisotopic (exact) mass is 244 g/mol. The number of methoxy groups -OCH3 is 1.